The minimum Gasteiger partial charge on any atom is -0.341 e. The lowest BCUT2D eigenvalue weighted by Gasteiger charge is -2.19. The zero-order chi connectivity index (χ0) is 13.7. The van der Waals surface area contributed by atoms with Crippen LogP contribution in [0.5, 0.6) is 0 Å². The Balaban J connectivity index is 2.34. The zero-order valence-electron chi connectivity index (χ0n) is 10.6. The molecule has 0 aliphatic heterocycles. The number of halogens is 1. The van der Waals surface area contributed by atoms with Crippen LogP contribution < -0.4 is 10.6 Å². The summed E-state index contributed by atoms with van der Waals surface area (Å²) in [5.41, 5.74) is 2.01. The van der Waals surface area contributed by atoms with Gasteiger partial charge in [0.15, 0.2) is 0 Å². The number of amides is 2. The van der Waals surface area contributed by atoms with E-state index >= 15 is 0 Å². The molecule has 0 spiro atoms. The molecule has 0 fully saturated rings. The van der Waals surface area contributed by atoms with Crippen LogP contribution in [0, 0.1) is 0 Å². The molecule has 2 rings (SSSR count). The predicted octanol–water partition coefficient (Wildman–Crippen LogP) is 3.36. The van der Waals surface area contributed by atoms with E-state index in [0.717, 1.165) is 11.1 Å². The summed E-state index contributed by atoms with van der Waals surface area (Å²) < 4.78 is 0. The second-order valence-corrected chi connectivity index (χ2v) is 4.56. The van der Waals surface area contributed by atoms with Crippen molar-refractivity contribution in [1.82, 2.24) is 10.6 Å². The first-order valence-electron chi connectivity index (χ1n) is 5.99. The van der Waals surface area contributed by atoms with E-state index in [4.69, 9.17) is 11.6 Å². The van der Waals surface area contributed by atoms with Gasteiger partial charge in [-0.25, -0.2) is 4.79 Å². The molecule has 0 aromatic heterocycles. The van der Waals surface area contributed by atoms with Crippen molar-refractivity contribution in [3.8, 4) is 0 Å². The van der Waals surface area contributed by atoms with Crippen molar-refractivity contribution in [2.75, 3.05) is 7.05 Å². The topological polar surface area (TPSA) is 41.1 Å². The lowest BCUT2D eigenvalue weighted by Crippen LogP contribution is -2.36. The quantitative estimate of drug-likeness (QED) is 0.885. The van der Waals surface area contributed by atoms with E-state index in [2.05, 4.69) is 10.6 Å². The maximum absolute atomic E-state index is 11.6. The Hall–Kier alpha value is -2.00. The fourth-order valence-electron chi connectivity index (χ4n) is 1.86. The summed E-state index contributed by atoms with van der Waals surface area (Å²) in [6, 6.07) is 16.9. The Morgan fingerprint density at radius 3 is 2.16 bits per heavy atom. The number of benzene rings is 2. The number of rotatable bonds is 3. The summed E-state index contributed by atoms with van der Waals surface area (Å²) >= 11 is 5.90. The van der Waals surface area contributed by atoms with Crippen LogP contribution in [0.1, 0.15) is 17.2 Å². The van der Waals surface area contributed by atoms with Crippen LogP contribution in [0.3, 0.4) is 0 Å². The molecular weight excluding hydrogens is 260 g/mol. The molecular formula is C15H15ClN2O. The van der Waals surface area contributed by atoms with Gasteiger partial charge in [0.25, 0.3) is 0 Å². The van der Waals surface area contributed by atoms with Gasteiger partial charge in [0, 0.05) is 12.1 Å². The van der Waals surface area contributed by atoms with E-state index in [0.29, 0.717) is 5.02 Å². The van der Waals surface area contributed by atoms with Crippen molar-refractivity contribution in [1.29, 1.82) is 0 Å². The molecule has 2 amide bonds. The summed E-state index contributed by atoms with van der Waals surface area (Å²) in [6.45, 7) is 0. The van der Waals surface area contributed by atoms with Gasteiger partial charge in [0.1, 0.15) is 0 Å². The van der Waals surface area contributed by atoms with Crippen molar-refractivity contribution in [2.45, 2.75) is 6.04 Å². The molecule has 0 aliphatic carbocycles. The predicted molar refractivity (Wildman–Crippen MR) is 77.3 cm³/mol. The molecule has 0 aliphatic rings. The third kappa shape index (κ3) is 3.48. The van der Waals surface area contributed by atoms with Crippen molar-refractivity contribution < 1.29 is 4.79 Å². The van der Waals surface area contributed by atoms with Gasteiger partial charge >= 0.3 is 6.03 Å². The molecule has 1 atom stereocenters. The molecule has 1 unspecified atom stereocenters. The first kappa shape index (κ1) is 13.4. The van der Waals surface area contributed by atoms with Gasteiger partial charge in [0.2, 0.25) is 0 Å². The van der Waals surface area contributed by atoms with Gasteiger partial charge in [-0.2, -0.15) is 0 Å². The molecule has 0 bridgehead atoms. The summed E-state index contributed by atoms with van der Waals surface area (Å²) in [7, 11) is 1.60. The van der Waals surface area contributed by atoms with E-state index in [1.54, 1.807) is 7.05 Å². The molecule has 2 aromatic rings. The Labute approximate surface area is 117 Å². The average Bonchev–Trinajstić information content (AvgIpc) is 2.46. The average molecular weight is 275 g/mol. The maximum Gasteiger partial charge on any atom is 0.315 e. The highest BCUT2D eigenvalue weighted by Gasteiger charge is 2.15. The molecule has 19 heavy (non-hydrogen) atoms. The lowest BCUT2D eigenvalue weighted by molar-refractivity contribution is 0.240. The Morgan fingerprint density at radius 1 is 1.00 bits per heavy atom. The number of hydrogen-bond donors (Lipinski definition) is 2. The van der Waals surface area contributed by atoms with Gasteiger partial charge in [-0.3, -0.25) is 0 Å². The third-order valence-corrected chi connectivity index (χ3v) is 3.09. The van der Waals surface area contributed by atoms with Gasteiger partial charge < -0.3 is 10.6 Å². The molecule has 3 nitrogen and oxygen atoms in total. The van der Waals surface area contributed by atoms with Crippen LogP contribution in [0.2, 0.25) is 5.02 Å². The fraction of sp³-hybridized carbons (Fsp3) is 0.133. The molecule has 98 valence electrons. The highest BCUT2D eigenvalue weighted by molar-refractivity contribution is 6.30. The van der Waals surface area contributed by atoms with E-state index < -0.39 is 0 Å². The van der Waals surface area contributed by atoms with E-state index in [9.17, 15) is 4.79 Å². The number of carbonyl (C=O) groups is 1. The van der Waals surface area contributed by atoms with Crippen LogP contribution in [-0.4, -0.2) is 13.1 Å². The normalized spacial score (nSPS) is 11.7. The summed E-state index contributed by atoms with van der Waals surface area (Å²) in [6.07, 6.45) is 0. The largest absolute Gasteiger partial charge is 0.341 e. The number of hydrogen-bond acceptors (Lipinski definition) is 1. The van der Waals surface area contributed by atoms with Gasteiger partial charge in [-0.15, -0.1) is 0 Å². The number of urea groups is 1. The summed E-state index contributed by atoms with van der Waals surface area (Å²) in [5.74, 6) is 0. The standard InChI is InChI=1S/C15H15ClN2O/c1-17-15(19)18-14(11-5-3-2-4-6-11)12-7-9-13(16)10-8-12/h2-10,14H,1H3,(H2,17,18,19). The zero-order valence-corrected chi connectivity index (χ0v) is 11.3. The minimum absolute atomic E-state index is 0.196. The summed E-state index contributed by atoms with van der Waals surface area (Å²) in [5, 5.41) is 6.17. The smallest absolute Gasteiger partial charge is 0.315 e. The third-order valence-electron chi connectivity index (χ3n) is 2.84. The molecule has 0 saturated heterocycles. The molecule has 0 heterocycles. The second-order valence-electron chi connectivity index (χ2n) is 4.12. The van der Waals surface area contributed by atoms with Crippen LogP contribution in [0.4, 0.5) is 4.79 Å². The van der Waals surface area contributed by atoms with Crippen LogP contribution in [-0.2, 0) is 0 Å². The van der Waals surface area contributed by atoms with Crippen molar-refractivity contribution in [2.24, 2.45) is 0 Å². The SMILES string of the molecule is CNC(=O)NC(c1ccccc1)c1ccc(Cl)cc1. The van der Waals surface area contributed by atoms with E-state index in [-0.39, 0.29) is 12.1 Å². The molecule has 0 saturated carbocycles. The first-order valence-corrected chi connectivity index (χ1v) is 6.37. The fourth-order valence-corrected chi connectivity index (χ4v) is 1.99. The number of nitrogens with one attached hydrogen (secondary N) is 2. The first-order chi connectivity index (χ1) is 9.20. The molecule has 4 heteroatoms. The molecule has 2 aromatic carbocycles. The molecule has 2 N–H and O–H groups in total. The monoisotopic (exact) mass is 274 g/mol. The van der Waals surface area contributed by atoms with Gasteiger partial charge in [-0.05, 0) is 23.3 Å². The summed E-state index contributed by atoms with van der Waals surface area (Å²) in [4.78, 5) is 11.6. The number of carbonyl (C=O) groups excluding carboxylic acids is 1. The lowest BCUT2D eigenvalue weighted by atomic mass is 9.99. The second kappa shape index (κ2) is 6.25. The van der Waals surface area contributed by atoms with Crippen LogP contribution in [0.25, 0.3) is 0 Å². The Morgan fingerprint density at radius 2 is 1.58 bits per heavy atom. The molecule has 0 radical (unpaired) electrons. The maximum atomic E-state index is 11.6. The van der Waals surface area contributed by atoms with Crippen LogP contribution >= 0.6 is 11.6 Å². The Kier molecular flexibility index (Phi) is 4.42. The van der Waals surface area contributed by atoms with Crippen molar-refractivity contribution in [3.05, 3.63) is 70.7 Å². The van der Waals surface area contributed by atoms with Gasteiger partial charge in [-0.1, -0.05) is 54.1 Å². The van der Waals surface area contributed by atoms with Gasteiger partial charge in [0.05, 0.1) is 6.04 Å². The highest BCUT2D eigenvalue weighted by atomic mass is 35.5. The van der Waals surface area contributed by atoms with Crippen molar-refractivity contribution >= 4 is 17.6 Å². The Bertz CT molecular complexity index is 540. The van der Waals surface area contributed by atoms with Crippen LogP contribution in [0.15, 0.2) is 54.6 Å². The van der Waals surface area contributed by atoms with Crippen molar-refractivity contribution in [3.63, 3.8) is 0 Å². The van der Waals surface area contributed by atoms with E-state index in [1.165, 1.54) is 0 Å². The van der Waals surface area contributed by atoms with E-state index in [1.807, 2.05) is 54.6 Å². The highest BCUT2D eigenvalue weighted by Crippen LogP contribution is 2.23. The minimum atomic E-state index is -0.219.